The zero-order chi connectivity index (χ0) is 23.9. The van der Waals surface area contributed by atoms with Crippen LogP contribution in [0.5, 0.6) is 0 Å². The number of hydrogen-bond donors (Lipinski definition) is 1. The Morgan fingerprint density at radius 2 is 1.68 bits per heavy atom. The predicted molar refractivity (Wildman–Crippen MR) is 125 cm³/mol. The maximum Gasteiger partial charge on any atom is 0.253 e. The number of fused-ring (bicyclic) bond motifs is 1. The number of likely N-dealkylation sites (tertiary alicyclic amines) is 1. The smallest absolute Gasteiger partial charge is 0.253 e. The lowest BCUT2D eigenvalue weighted by Crippen LogP contribution is -2.42. The van der Waals surface area contributed by atoms with Crippen molar-refractivity contribution in [2.45, 2.75) is 25.3 Å². The number of furan rings is 1. The van der Waals surface area contributed by atoms with Gasteiger partial charge in [-0.25, -0.2) is 13.2 Å². The molecule has 1 aromatic heterocycles. The van der Waals surface area contributed by atoms with E-state index in [4.69, 9.17) is 10.2 Å². The number of carbonyl (C=O) groups excluding carboxylic acids is 1. The molecule has 34 heavy (non-hydrogen) atoms. The van der Waals surface area contributed by atoms with Gasteiger partial charge in [-0.1, -0.05) is 24.3 Å². The Balaban J connectivity index is 1.49. The van der Waals surface area contributed by atoms with Crippen molar-refractivity contribution in [2.24, 2.45) is 5.73 Å². The number of amides is 1. The summed E-state index contributed by atoms with van der Waals surface area (Å²) in [5.41, 5.74) is 9.99. The Morgan fingerprint density at radius 3 is 2.35 bits per heavy atom. The van der Waals surface area contributed by atoms with Crippen molar-refractivity contribution < 1.29 is 22.4 Å². The van der Waals surface area contributed by atoms with Crippen LogP contribution >= 0.6 is 0 Å². The van der Waals surface area contributed by atoms with Crippen LogP contribution in [0, 0.1) is 5.82 Å². The van der Waals surface area contributed by atoms with Gasteiger partial charge in [0.15, 0.2) is 0 Å². The summed E-state index contributed by atoms with van der Waals surface area (Å²) in [5, 5.41) is 0.839. The van der Waals surface area contributed by atoms with Crippen LogP contribution < -0.4 is 5.73 Å². The fourth-order valence-electron chi connectivity index (χ4n) is 4.37. The molecule has 3 aromatic carbocycles. The number of carbonyl (C=O) groups is 1. The van der Waals surface area contributed by atoms with E-state index in [2.05, 4.69) is 0 Å². The highest BCUT2D eigenvalue weighted by molar-refractivity contribution is 5.98. The molecule has 0 aliphatic carbocycles. The molecule has 0 atom stereocenters. The van der Waals surface area contributed by atoms with Crippen LogP contribution in [0.1, 0.15) is 29.0 Å². The summed E-state index contributed by atoms with van der Waals surface area (Å²) in [5.74, 6) is -2.67. The second-order valence-electron chi connectivity index (χ2n) is 8.59. The average Bonchev–Trinajstić information content (AvgIpc) is 3.26. The molecule has 1 saturated heterocycles. The van der Waals surface area contributed by atoms with E-state index in [0.717, 1.165) is 22.1 Å². The zero-order valence-electron chi connectivity index (χ0n) is 18.4. The van der Waals surface area contributed by atoms with Crippen molar-refractivity contribution >= 4 is 16.9 Å². The highest BCUT2D eigenvalue weighted by Gasteiger charge is 2.35. The van der Waals surface area contributed by atoms with Gasteiger partial charge in [-0.3, -0.25) is 4.79 Å². The summed E-state index contributed by atoms with van der Waals surface area (Å²) >= 11 is 0. The topological polar surface area (TPSA) is 59.5 Å². The van der Waals surface area contributed by atoms with E-state index in [-0.39, 0.29) is 44.2 Å². The lowest BCUT2D eigenvalue weighted by molar-refractivity contribution is -0.0494. The van der Waals surface area contributed by atoms with Crippen molar-refractivity contribution in [2.75, 3.05) is 13.1 Å². The molecular weight excluding hydrogens is 441 g/mol. The molecule has 1 aliphatic heterocycles. The van der Waals surface area contributed by atoms with Gasteiger partial charge in [0.1, 0.15) is 17.2 Å². The lowest BCUT2D eigenvalue weighted by Gasteiger charge is -2.31. The number of halogens is 3. The number of piperidine rings is 1. The molecule has 0 bridgehead atoms. The van der Waals surface area contributed by atoms with Crippen LogP contribution in [0.3, 0.4) is 0 Å². The quantitative estimate of drug-likeness (QED) is 0.389. The standard InChI is InChI=1S/C27H23F3N2O2/c28-22-3-1-2-19(13-22)24-15-20(12-21-14-23(16-31)34-25(21)24)17-4-6-18(7-5-17)26(33)32-10-8-27(29,30)9-11-32/h1-7,12-15H,8-11,16,31H2. The summed E-state index contributed by atoms with van der Waals surface area (Å²) in [7, 11) is 0. The van der Waals surface area contributed by atoms with Gasteiger partial charge in [0.25, 0.3) is 11.8 Å². The molecule has 1 amide bonds. The molecule has 1 fully saturated rings. The molecule has 7 heteroatoms. The van der Waals surface area contributed by atoms with Gasteiger partial charge in [0, 0.05) is 42.4 Å². The Hall–Kier alpha value is -3.58. The normalized spacial score (nSPS) is 15.6. The fraction of sp³-hybridized carbons (Fsp3) is 0.222. The van der Waals surface area contributed by atoms with Crippen LogP contribution in [-0.4, -0.2) is 29.8 Å². The summed E-state index contributed by atoms with van der Waals surface area (Å²) in [6, 6.07) is 19.1. The van der Waals surface area contributed by atoms with E-state index in [1.54, 1.807) is 18.2 Å². The van der Waals surface area contributed by atoms with Crippen LogP contribution in [-0.2, 0) is 6.54 Å². The van der Waals surface area contributed by atoms with Crippen molar-refractivity contribution in [1.82, 2.24) is 4.90 Å². The Kier molecular flexibility index (Phi) is 5.65. The third-order valence-electron chi connectivity index (χ3n) is 6.25. The first kappa shape index (κ1) is 22.2. The van der Waals surface area contributed by atoms with E-state index in [0.29, 0.717) is 22.5 Å². The predicted octanol–water partition coefficient (Wildman–Crippen LogP) is 6.24. The molecule has 2 heterocycles. The molecular formula is C27H23F3N2O2. The summed E-state index contributed by atoms with van der Waals surface area (Å²) in [6.07, 6.45) is -0.621. The van der Waals surface area contributed by atoms with Crippen LogP contribution in [0.15, 0.2) is 71.1 Å². The molecule has 0 radical (unpaired) electrons. The van der Waals surface area contributed by atoms with Gasteiger partial charge in [-0.2, -0.15) is 0 Å². The van der Waals surface area contributed by atoms with Gasteiger partial charge >= 0.3 is 0 Å². The first-order chi connectivity index (χ1) is 16.3. The molecule has 2 N–H and O–H groups in total. The Bertz CT molecular complexity index is 1350. The Labute approximate surface area is 194 Å². The van der Waals surface area contributed by atoms with Gasteiger partial charge in [0.2, 0.25) is 0 Å². The second-order valence-corrected chi connectivity index (χ2v) is 8.59. The van der Waals surface area contributed by atoms with Gasteiger partial charge in [0.05, 0.1) is 6.54 Å². The SMILES string of the molecule is NCc1cc2cc(-c3ccc(C(=O)N4CCC(F)(F)CC4)cc3)cc(-c3cccc(F)c3)c2o1. The van der Waals surface area contributed by atoms with Crippen molar-refractivity contribution in [3.63, 3.8) is 0 Å². The van der Waals surface area contributed by atoms with E-state index in [1.165, 1.54) is 17.0 Å². The number of hydrogen-bond acceptors (Lipinski definition) is 3. The highest BCUT2D eigenvalue weighted by Crippen LogP contribution is 2.36. The number of rotatable bonds is 4. The van der Waals surface area contributed by atoms with E-state index < -0.39 is 5.92 Å². The maximum atomic E-state index is 13.9. The molecule has 5 rings (SSSR count). The first-order valence-corrected chi connectivity index (χ1v) is 11.1. The molecule has 0 saturated carbocycles. The third-order valence-corrected chi connectivity index (χ3v) is 6.25. The number of benzene rings is 3. The van der Waals surface area contributed by atoms with Crippen LogP contribution in [0.4, 0.5) is 13.2 Å². The summed E-state index contributed by atoms with van der Waals surface area (Å²) in [4.78, 5) is 14.2. The lowest BCUT2D eigenvalue weighted by atomic mass is 9.96. The van der Waals surface area contributed by atoms with Gasteiger partial charge < -0.3 is 15.1 Å². The van der Waals surface area contributed by atoms with Crippen LogP contribution in [0.2, 0.25) is 0 Å². The molecule has 4 nitrogen and oxygen atoms in total. The summed E-state index contributed by atoms with van der Waals surface area (Å²) in [6.45, 7) is 0.336. The number of nitrogens with two attached hydrogens (primary N) is 1. The molecule has 0 spiro atoms. The minimum Gasteiger partial charge on any atom is -0.459 e. The largest absolute Gasteiger partial charge is 0.459 e. The van der Waals surface area contributed by atoms with Crippen molar-refractivity contribution in [3.8, 4) is 22.3 Å². The van der Waals surface area contributed by atoms with E-state index in [1.807, 2.05) is 36.4 Å². The molecule has 1 aliphatic rings. The van der Waals surface area contributed by atoms with Gasteiger partial charge in [-0.15, -0.1) is 0 Å². The average molecular weight is 464 g/mol. The van der Waals surface area contributed by atoms with Gasteiger partial charge in [-0.05, 0) is 59.2 Å². The summed E-state index contributed by atoms with van der Waals surface area (Å²) < 4.78 is 46.7. The number of nitrogens with zero attached hydrogens (tertiary/aromatic N) is 1. The monoisotopic (exact) mass is 464 g/mol. The first-order valence-electron chi connectivity index (χ1n) is 11.1. The minimum atomic E-state index is -2.70. The fourth-order valence-corrected chi connectivity index (χ4v) is 4.37. The molecule has 0 unspecified atom stereocenters. The number of alkyl halides is 2. The van der Waals surface area contributed by atoms with Crippen LogP contribution in [0.25, 0.3) is 33.2 Å². The third kappa shape index (κ3) is 4.31. The minimum absolute atomic E-state index is 0.0468. The van der Waals surface area contributed by atoms with E-state index in [9.17, 15) is 18.0 Å². The molecule has 4 aromatic rings. The van der Waals surface area contributed by atoms with Crippen molar-refractivity contribution in [1.29, 1.82) is 0 Å². The van der Waals surface area contributed by atoms with E-state index >= 15 is 0 Å². The maximum absolute atomic E-state index is 13.9. The van der Waals surface area contributed by atoms with Crippen molar-refractivity contribution in [3.05, 3.63) is 83.9 Å². The molecule has 174 valence electrons. The highest BCUT2D eigenvalue weighted by atomic mass is 19.3. The zero-order valence-corrected chi connectivity index (χ0v) is 18.4. The Morgan fingerprint density at radius 1 is 0.941 bits per heavy atom. The second kappa shape index (κ2) is 8.65.